The van der Waals surface area contributed by atoms with Crippen LogP contribution in [0.25, 0.3) is 10.9 Å². The average molecular weight is 310 g/mol. The van der Waals surface area contributed by atoms with Gasteiger partial charge in [-0.15, -0.1) is 0 Å². The summed E-state index contributed by atoms with van der Waals surface area (Å²) in [5, 5.41) is 1.06. The number of nitrogens with zero attached hydrogens (tertiary/aromatic N) is 2. The molecule has 23 heavy (non-hydrogen) atoms. The summed E-state index contributed by atoms with van der Waals surface area (Å²) in [5.74, 6) is 0.807. The van der Waals surface area contributed by atoms with Crippen molar-refractivity contribution in [1.82, 2.24) is 9.88 Å². The zero-order chi connectivity index (χ0) is 16.2. The number of carbonyl (C=O) groups excluding carboxylic acids is 1. The molecule has 3 rings (SSSR count). The number of aromatic nitrogens is 1. The van der Waals surface area contributed by atoms with Gasteiger partial charge in [-0.3, -0.25) is 9.78 Å². The van der Waals surface area contributed by atoms with E-state index < -0.39 is 0 Å². The van der Waals surface area contributed by atoms with E-state index in [1.807, 2.05) is 30.3 Å². The fourth-order valence-corrected chi connectivity index (χ4v) is 2.47. The van der Waals surface area contributed by atoms with Crippen molar-refractivity contribution in [3.63, 3.8) is 0 Å². The number of amides is 1. The fourth-order valence-electron chi connectivity index (χ4n) is 2.47. The van der Waals surface area contributed by atoms with Gasteiger partial charge in [0.15, 0.2) is 5.76 Å². The van der Waals surface area contributed by atoms with Crippen LogP contribution in [0.5, 0.6) is 0 Å². The van der Waals surface area contributed by atoms with Crippen LogP contribution >= 0.6 is 0 Å². The Labute approximate surface area is 134 Å². The number of ether oxygens (including phenoxy) is 1. The molecule has 1 amide bonds. The summed E-state index contributed by atoms with van der Waals surface area (Å²) in [7, 11) is 3.35. The minimum absolute atomic E-state index is 0.154. The van der Waals surface area contributed by atoms with E-state index in [1.54, 1.807) is 37.4 Å². The molecular weight excluding hydrogens is 292 g/mol. The molecule has 0 bridgehead atoms. The highest BCUT2D eigenvalue weighted by Crippen LogP contribution is 2.16. The molecule has 118 valence electrons. The van der Waals surface area contributed by atoms with E-state index in [1.165, 1.54) is 0 Å². The molecule has 3 aromatic rings. The molecule has 2 aromatic heterocycles. The zero-order valence-corrected chi connectivity index (χ0v) is 13.2. The number of furan rings is 1. The Balaban J connectivity index is 1.73. The maximum absolute atomic E-state index is 12.4. The predicted molar refractivity (Wildman–Crippen MR) is 87.0 cm³/mol. The first-order chi connectivity index (χ1) is 11.2. The standard InChI is InChI=1S/C18H18N2O3/c1-20(18(21)17-8-6-15(23-17)12-22-2)11-13-5-7-16-14(10-13)4-3-9-19-16/h3-10H,11-12H2,1-2H3. The van der Waals surface area contributed by atoms with Crippen LogP contribution in [0, 0.1) is 0 Å². The van der Waals surface area contributed by atoms with Crippen molar-refractivity contribution < 1.29 is 13.9 Å². The molecule has 0 unspecified atom stereocenters. The molecule has 0 aliphatic heterocycles. The van der Waals surface area contributed by atoms with Crippen molar-refractivity contribution in [3.8, 4) is 0 Å². The Morgan fingerprint density at radius 1 is 1.26 bits per heavy atom. The van der Waals surface area contributed by atoms with Gasteiger partial charge in [-0.05, 0) is 35.9 Å². The number of fused-ring (bicyclic) bond motifs is 1. The first-order valence-corrected chi connectivity index (χ1v) is 7.34. The van der Waals surface area contributed by atoms with Crippen molar-refractivity contribution in [1.29, 1.82) is 0 Å². The van der Waals surface area contributed by atoms with Crippen LogP contribution in [-0.4, -0.2) is 29.9 Å². The molecule has 0 aliphatic carbocycles. The van der Waals surface area contributed by atoms with Crippen LogP contribution in [0.2, 0.25) is 0 Å². The van der Waals surface area contributed by atoms with E-state index in [9.17, 15) is 4.79 Å². The van der Waals surface area contributed by atoms with Crippen LogP contribution < -0.4 is 0 Å². The van der Waals surface area contributed by atoms with Gasteiger partial charge in [0.2, 0.25) is 0 Å². The highest BCUT2D eigenvalue weighted by molar-refractivity contribution is 5.91. The fraction of sp³-hybridized carbons (Fsp3) is 0.222. The Morgan fingerprint density at radius 3 is 2.96 bits per heavy atom. The minimum Gasteiger partial charge on any atom is -0.453 e. The van der Waals surface area contributed by atoms with Gasteiger partial charge in [-0.2, -0.15) is 0 Å². The summed E-state index contributed by atoms with van der Waals surface area (Å²) in [6.07, 6.45) is 1.77. The van der Waals surface area contributed by atoms with Crippen molar-refractivity contribution in [3.05, 3.63) is 65.7 Å². The predicted octanol–water partition coefficient (Wildman–Crippen LogP) is 3.25. The molecule has 0 radical (unpaired) electrons. The Bertz CT molecular complexity index is 826. The van der Waals surface area contributed by atoms with E-state index in [2.05, 4.69) is 4.98 Å². The van der Waals surface area contributed by atoms with E-state index in [-0.39, 0.29) is 5.91 Å². The quantitative estimate of drug-likeness (QED) is 0.726. The van der Waals surface area contributed by atoms with Gasteiger partial charge in [0.05, 0.1) is 5.52 Å². The number of rotatable bonds is 5. The number of methoxy groups -OCH3 is 1. The van der Waals surface area contributed by atoms with Crippen LogP contribution in [0.1, 0.15) is 21.9 Å². The number of hydrogen-bond acceptors (Lipinski definition) is 4. The van der Waals surface area contributed by atoms with E-state index in [4.69, 9.17) is 9.15 Å². The van der Waals surface area contributed by atoms with Gasteiger partial charge in [-0.1, -0.05) is 12.1 Å². The lowest BCUT2D eigenvalue weighted by molar-refractivity contribution is 0.0745. The summed E-state index contributed by atoms with van der Waals surface area (Å²) in [4.78, 5) is 18.3. The normalized spacial score (nSPS) is 10.9. The van der Waals surface area contributed by atoms with Crippen LogP contribution in [-0.2, 0) is 17.9 Å². The topological polar surface area (TPSA) is 55.6 Å². The monoisotopic (exact) mass is 310 g/mol. The van der Waals surface area contributed by atoms with Gasteiger partial charge in [0.25, 0.3) is 5.91 Å². The van der Waals surface area contributed by atoms with Gasteiger partial charge in [-0.25, -0.2) is 0 Å². The molecular formula is C18H18N2O3. The third-order valence-electron chi connectivity index (χ3n) is 3.59. The van der Waals surface area contributed by atoms with Crippen molar-refractivity contribution in [2.45, 2.75) is 13.2 Å². The highest BCUT2D eigenvalue weighted by Gasteiger charge is 2.16. The molecule has 5 heteroatoms. The summed E-state index contributed by atoms with van der Waals surface area (Å²) in [6.45, 7) is 0.860. The smallest absolute Gasteiger partial charge is 0.289 e. The summed E-state index contributed by atoms with van der Waals surface area (Å²) in [5.41, 5.74) is 1.99. The van der Waals surface area contributed by atoms with Gasteiger partial charge in [0.1, 0.15) is 12.4 Å². The lowest BCUT2D eigenvalue weighted by Crippen LogP contribution is -2.25. The van der Waals surface area contributed by atoms with Gasteiger partial charge < -0.3 is 14.1 Å². The molecule has 0 fully saturated rings. The van der Waals surface area contributed by atoms with E-state index in [0.29, 0.717) is 24.7 Å². The maximum Gasteiger partial charge on any atom is 0.289 e. The molecule has 5 nitrogen and oxygen atoms in total. The number of pyridine rings is 1. The van der Waals surface area contributed by atoms with Crippen molar-refractivity contribution in [2.75, 3.05) is 14.2 Å². The molecule has 0 N–H and O–H groups in total. The minimum atomic E-state index is -0.154. The lowest BCUT2D eigenvalue weighted by atomic mass is 10.1. The summed E-state index contributed by atoms with van der Waals surface area (Å²) >= 11 is 0. The molecule has 0 saturated carbocycles. The Hall–Kier alpha value is -2.66. The average Bonchev–Trinajstić information content (AvgIpc) is 3.03. The maximum atomic E-state index is 12.4. The van der Waals surface area contributed by atoms with Crippen molar-refractivity contribution in [2.24, 2.45) is 0 Å². The highest BCUT2D eigenvalue weighted by atomic mass is 16.5. The van der Waals surface area contributed by atoms with Crippen LogP contribution in [0.15, 0.2) is 53.1 Å². The molecule has 0 atom stereocenters. The third kappa shape index (κ3) is 3.40. The van der Waals surface area contributed by atoms with Crippen LogP contribution in [0.4, 0.5) is 0 Å². The molecule has 0 saturated heterocycles. The number of hydrogen-bond donors (Lipinski definition) is 0. The van der Waals surface area contributed by atoms with Crippen molar-refractivity contribution >= 4 is 16.8 Å². The molecule has 2 heterocycles. The Kier molecular flexibility index (Phi) is 4.39. The van der Waals surface area contributed by atoms with Gasteiger partial charge in [0, 0.05) is 32.3 Å². The first-order valence-electron chi connectivity index (χ1n) is 7.34. The zero-order valence-electron chi connectivity index (χ0n) is 13.2. The SMILES string of the molecule is COCc1ccc(C(=O)N(C)Cc2ccc3ncccc3c2)o1. The first kappa shape index (κ1) is 15.2. The largest absolute Gasteiger partial charge is 0.453 e. The lowest BCUT2D eigenvalue weighted by Gasteiger charge is -2.16. The number of carbonyl (C=O) groups is 1. The second-order valence-corrected chi connectivity index (χ2v) is 5.39. The van der Waals surface area contributed by atoms with Crippen LogP contribution in [0.3, 0.4) is 0 Å². The molecule has 1 aromatic carbocycles. The second-order valence-electron chi connectivity index (χ2n) is 5.39. The van der Waals surface area contributed by atoms with E-state index >= 15 is 0 Å². The van der Waals surface area contributed by atoms with Gasteiger partial charge >= 0.3 is 0 Å². The molecule has 0 aliphatic rings. The number of benzene rings is 1. The summed E-state index contributed by atoms with van der Waals surface area (Å²) in [6, 6.07) is 13.3. The summed E-state index contributed by atoms with van der Waals surface area (Å²) < 4.78 is 10.5. The second kappa shape index (κ2) is 6.62. The Morgan fingerprint density at radius 2 is 2.13 bits per heavy atom. The van der Waals surface area contributed by atoms with E-state index in [0.717, 1.165) is 16.5 Å². The molecule has 0 spiro atoms. The third-order valence-corrected chi connectivity index (χ3v) is 3.59.